The molecule has 0 bridgehead atoms. The van der Waals surface area contributed by atoms with Crippen LogP contribution in [0.1, 0.15) is 219 Å². The molecule has 0 spiro atoms. The number of hydrogen-bond acceptors (Lipinski definition) is 2. The van der Waals surface area contributed by atoms with Crippen LogP contribution in [-0.2, 0) is 9.53 Å². The maximum atomic E-state index is 10.7. The van der Waals surface area contributed by atoms with Crippen LogP contribution in [0.15, 0.2) is 0 Å². The van der Waals surface area contributed by atoms with E-state index < -0.39 is 0 Å². The van der Waals surface area contributed by atoms with Gasteiger partial charge in [0.2, 0.25) is 0 Å². The second kappa shape index (κ2) is 34.5. The van der Waals surface area contributed by atoms with Crippen LogP contribution in [0.4, 0.5) is 0 Å². The molecule has 0 aromatic heterocycles. The molecule has 38 heavy (non-hydrogen) atoms. The maximum Gasteiger partial charge on any atom is 0.302 e. The Morgan fingerprint density at radius 1 is 0.342 bits per heavy atom. The highest BCUT2D eigenvalue weighted by atomic mass is 16.5. The van der Waals surface area contributed by atoms with E-state index in [2.05, 4.69) is 6.92 Å². The number of carbonyl (C=O) groups excluding carboxylic acids is 1. The fourth-order valence-electron chi connectivity index (χ4n) is 5.69. The standard InChI is InChI=1S/C36H72O2/c1-3-4-5-6-7-8-9-10-11-12-13-14-15-16-17-18-19-20-21-22-23-24-25-26-27-28-29-30-31-32-33-34-35-38-36(2)37/h3-35H2,1-2H3. The minimum Gasteiger partial charge on any atom is -0.466 e. The Hall–Kier alpha value is -0.530. The number of ether oxygens (including phenoxy) is 1. The Bertz CT molecular complexity index is 433. The highest BCUT2D eigenvalue weighted by molar-refractivity contribution is 5.65. The summed E-state index contributed by atoms with van der Waals surface area (Å²) in [5, 5.41) is 0. The molecule has 0 aliphatic heterocycles. The molecule has 0 N–H and O–H groups in total. The van der Waals surface area contributed by atoms with Gasteiger partial charge < -0.3 is 4.74 Å². The lowest BCUT2D eigenvalue weighted by molar-refractivity contribution is -0.141. The molecule has 0 atom stereocenters. The summed E-state index contributed by atoms with van der Waals surface area (Å²) in [5.41, 5.74) is 0. The summed E-state index contributed by atoms with van der Waals surface area (Å²) in [7, 11) is 0. The van der Waals surface area contributed by atoms with Crippen LogP contribution in [0.3, 0.4) is 0 Å². The lowest BCUT2D eigenvalue weighted by Crippen LogP contribution is -2.00. The first-order valence-electron chi connectivity index (χ1n) is 17.9. The smallest absolute Gasteiger partial charge is 0.302 e. The Kier molecular flexibility index (Phi) is 34.0. The van der Waals surface area contributed by atoms with Crippen molar-refractivity contribution >= 4 is 5.97 Å². The molecule has 0 rings (SSSR count). The van der Waals surface area contributed by atoms with Crippen LogP contribution >= 0.6 is 0 Å². The van der Waals surface area contributed by atoms with Gasteiger partial charge in [-0.3, -0.25) is 4.79 Å². The number of carbonyl (C=O) groups is 1. The summed E-state index contributed by atoms with van der Waals surface area (Å²) in [6.45, 7) is 4.40. The maximum absolute atomic E-state index is 10.7. The van der Waals surface area contributed by atoms with Gasteiger partial charge in [-0.1, -0.05) is 206 Å². The van der Waals surface area contributed by atoms with Crippen molar-refractivity contribution in [1.29, 1.82) is 0 Å². The fraction of sp³-hybridized carbons (Fsp3) is 0.972. The zero-order chi connectivity index (χ0) is 27.6. The van der Waals surface area contributed by atoms with Gasteiger partial charge in [-0.25, -0.2) is 0 Å². The summed E-state index contributed by atoms with van der Waals surface area (Å²) < 4.78 is 4.97. The number of hydrogen-bond donors (Lipinski definition) is 0. The second-order valence-electron chi connectivity index (χ2n) is 12.3. The SMILES string of the molecule is CCCCCCCCCCCCCCCCCCCCCCCCCCCCCCCCCCOC(C)=O. The lowest BCUT2D eigenvalue weighted by atomic mass is 10.0. The normalized spacial score (nSPS) is 11.3. The van der Waals surface area contributed by atoms with Gasteiger partial charge in [-0.2, -0.15) is 0 Å². The average Bonchev–Trinajstić information content (AvgIpc) is 2.91. The molecule has 0 unspecified atom stereocenters. The molecule has 2 nitrogen and oxygen atoms in total. The third-order valence-corrected chi connectivity index (χ3v) is 8.30. The van der Waals surface area contributed by atoms with Gasteiger partial charge in [0, 0.05) is 6.92 Å². The predicted molar refractivity (Wildman–Crippen MR) is 170 cm³/mol. The zero-order valence-corrected chi connectivity index (χ0v) is 26.7. The van der Waals surface area contributed by atoms with Crippen molar-refractivity contribution < 1.29 is 9.53 Å². The molecule has 228 valence electrons. The van der Waals surface area contributed by atoms with E-state index in [1.807, 2.05) is 0 Å². The Morgan fingerprint density at radius 3 is 0.711 bits per heavy atom. The Morgan fingerprint density at radius 2 is 0.526 bits per heavy atom. The zero-order valence-electron chi connectivity index (χ0n) is 26.7. The molecule has 0 aromatic carbocycles. The first-order valence-corrected chi connectivity index (χ1v) is 17.9. The minimum absolute atomic E-state index is 0.147. The van der Waals surface area contributed by atoms with Crippen LogP contribution in [0, 0.1) is 0 Å². The monoisotopic (exact) mass is 537 g/mol. The minimum atomic E-state index is -0.147. The molecule has 0 heterocycles. The highest BCUT2D eigenvalue weighted by Gasteiger charge is 1.97. The van der Waals surface area contributed by atoms with Crippen LogP contribution < -0.4 is 0 Å². The van der Waals surface area contributed by atoms with Gasteiger partial charge in [0.05, 0.1) is 6.61 Å². The average molecular weight is 537 g/mol. The molecule has 0 aliphatic rings. The van der Waals surface area contributed by atoms with E-state index in [4.69, 9.17) is 4.74 Å². The van der Waals surface area contributed by atoms with Gasteiger partial charge >= 0.3 is 5.97 Å². The molecular weight excluding hydrogens is 464 g/mol. The first kappa shape index (κ1) is 37.5. The van der Waals surface area contributed by atoms with Crippen molar-refractivity contribution in [2.24, 2.45) is 0 Å². The molecule has 2 heteroatoms. The summed E-state index contributed by atoms with van der Waals surface area (Å²) in [6, 6.07) is 0. The fourth-order valence-corrected chi connectivity index (χ4v) is 5.69. The van der Waals surface area contributed by atoms with Crippen molar-refractivity contribution in [3.63, 3.8) is 0 Å². The van der Waals surface area contributed by atoms with E-state index in [-0.39, 0.29) is 5.97 Å². The van der Waals surface area contributed by atoms with Gasteiger partial charge in [-0.15, -0.1) is 0 Å². The summed E-state index contributed by atoms with van der Waals surface area (Å²) in [6.07, 6.45) is 45.8. The molecule has 0 radical (unpaired) electrons. The summed E-state index contributed by atoms with van der Waals surface area (Å²) in [5.74, 6) is -0.147. The first-order chi connectivity index (χ1) is 18.8. The van der Waals surface area contributed by atoms with Crippen LogP contribution in [-0.4, -0.2) is 12.6 Å². The molecule has 0 aromatic rings. The molecule has 0 saturated carbocycles. The van der Waals surface area contributed by atoms with Crippen molar-refractivity contribution in [1.82, 2.24) is 0 Å². The summed E-state index contributed by atoms with van der Waals surface area (Å²) >= 11 is 0. The highest BCUT2D eigenvalue weighted by Crippen LogP contribution is 2.16. The lowest BCUT2D eigenvalue weighted by Gasteiger charge is -2.05. The number of unbranched alkanes of at least 4 members (excludes halogenated alkanes) is 31. The molecule has 0 saturated heterocycles. The second-order valence-corrected chi connectivity index (χ2v) is 12.3. The van der Waals surface area contributed by atoms with Crippen LogP contribution in [0.5, 0.6) is 0 Å². The predicted octanol–water partition coefficient (Wildman–Crippen LogP) is 13.1. The number of rotatable bonds is 33. The topological polar surface area (TPSA) is 26.3 Å². The van der Waals surface area contributed by atoms with Crippen LogP contribution in [0.25, 0.3) is 0 Å². The van der Waals surface area contributed by atoms with E-state index in [0.29, 0.717) is 6.61 Å². The van der Waals surface area contributed by atoms with Crippen molar-refractivity contribution in [2.45, 2.75) is 219 Å². The van der Waals surface area contributed by atoms with E-state index in [9.17, 15) is 4.79 Å². The molecule has 0 amide bonds. The molecular formula is C36H72O2. The molecule has 0 fully saturated rings. The largest absolute Gasteiger partial charge is 0.466 e. The summed E-state index contributed by atoms with van der Waals surface area (Å²) in [4.78, 5) is 10.7. The third kappa shape index (κ3) is 35.5. The van der Waals surface area contributed by atoms with Crippen molar-refractivity contribution in [3.8, 4) is 0 Å². The quantitative estimate of drug-likeness (QED) is 0.0615. The van der Waals surface area contributed by atoms with Gasteiger partial charge in [0.15, 0.2) is 0 Å². The molecule has 0 aliphatic carbocycles. The van der Waals surface area contributed by atoms with E-state index in [1.165, 1.54) is 206 Å². The van der Waals surface area contributed by atoms with Gasteiger partial charge in [-0.05, 0) is 6.42 Å². The van der Waals surface area contributed by atoms with E-state index in [1.54, 1.807) is 0 Å². The van der Waals surface area contributed by atoms with Crippen LogP contribution in [0.2, 0.25) is 0 Å². The van der Waals surface area contributed by atoms with Gasteiger partial charge in [0.1, 0.15) is 0 Å². The van der Waals surface area contributed by atoms with Gasteiger partial charge in [0.25, 0.3) is 0 Å². The Balaban J connectivity index is 3.02. The Labute approximate surface area is 241 Å². The van der Waals surface area contributed by atoms with E-state index in [0.717, 1.165) is 6.42 Å². The van der Waals surface area contributed by atoms with E-state index >= 15 is 0 Å². The third-order valence-electron chi connectivity index (χ3n) is 8.30. The number of esters is 1. The van der Waals surface area contributed by atoms with Crippen molar-refractivity contribution in [3.05, 3.63) is 0 Å². The van der Waals surface area contributed by atoms with Crippen molar-refractivity contribution in [2.75, 3.05) is 6.61 Å².